The lowest BCUT2D eigenvalue weighted by molar-refractivity contribution is -0.935. The molecule has 0 aromatic carbocycles. The average Bonchev–Trinajstić information content (AvgIpc) is 1.99. The fourth-order valence-corrected chi connectivity index (χ4v) is 0.902. The van der Waals surface area contributed by atoms with Gasteiger partial charge >= 0.3 is 0 Å². The van der Waals surface area contributed by atoms with Crippen molar-refractivity contribution in [3.63, 3.8) is 0 Å². The van der Waals surface area contributed by atoms with Gasteiger partial charge in [0.2, 0.25) is 6.30 Å². The van der Waals surface area contributed by atoms with Gasteiger partial charge in [0.1, 0.15) is 0 Å². The second kappa shape index (κ2) is 3.10. The molecule has 0 bridgehead atoms. The summed E-state index contributed by atoms with van der Waals surface area (Å²) in [5, 5.41) is 10.1. The summed E-state index contributed by atoms with van der Waals surface area (Å²) in [5.74, 6) is 0. The van der Waals surface area contributed by atoms with E-state index < -0.39 is 11.5 Å². The summed E-state index contributed by atoms with van der Waals surface area (Å²) < 4.78 is 12.4. The van der Waals surface area contributed by atoms with Crippen molar-refractivity contribution in [2.24, 2.45) is 0 Å². The van der Waals surface area contributed by atoms with E-state index in [9.17, 15) is 9.60 Å². The highest BCUT2D eigenvalue weighted by molar-refractivity contribution is 4.48. The Kier molecular flexibility index (Phi) is 2.38. The molecule has 0 aromatic rings. The van der Waals surface area contributed by atoms with E-state index in [1.165, 1.54) is 0 Å². The van der Waals surface area contributed by atoms with Gasteiger partial charge in [-0.15, -0.1) is 0 Å². The van der Waals surface area contributed by atoms with Gasteiger partial charge in [-0.05, 0) is 12.8 Å². The van der Waals surface area contributed by atoms with E-state index >= 15 is 0 Å². The number of rotatable bonds is 0. The molecule has 1 rings (SSSR count). The van der Waals surface area contributed by atoms with Crippen LogP contribution < -0.4 is 10.6 Å². The third-order valence-corrected chi connectivity index (χ3v) is 1.47. The summed E-state index contributed by atoms with van der Waals surface area (Å²) in [6.45, 7) is 0.638. The minimum absolute atomic E-state index is 0.395. The number of hydroxylamine groups is 1. The second-order valence-electron chi connectivity index (χ2n) is 2.25. The average molecular weight is 134 g/mol. The molecule has 9 heavy (non-hydrogen) atoms. The van der Waals surface area contributed by atoms with Gasteiger partial charge in [0, 0.05) is 13.0 Å². The summed E-state index contributed by atoms with van der Waals surface area (Å²) in [4.78, 5) is 0. The first-order valence-corrected chi connectivity index (χ1v) is 3.22. The standard InChI is InChI=1S/C5H11FN2O/c6-5-3-1-2-4-7-8(5)9/h5,7-8H,1-4H2. The van der Waals surface area contributed by atoms with E-state index in [0.29, 0.717) is 13.0 Å². The molecule has 1 aliphatic rings. The molecule has 0 aliphatic carbocycles. The molecule has 0 spiro atoms. The summed E-state index contributed by atoms with van der Waals surface area (Å²) in [5.41, 5.74) is 2.48. The molecule has 2 unspecified atom stereocenters. The predicted molar refractivity (Wildman–Crippen MR) is 31.1 cm³/mol. The molecule has 0 amide bonds. The van der Waals surface area contributed by atoms with Crippen LogP contribution in [-0.4, -0.2) is 12.8 Å². The van der Waals surface area contributed by atoms with E-state index in [1.807, 2.05) is 0 Å². The first-order chi connectivity index (χ1) is 4.30. The van der Waals surface area contributed by atoms with E-state index in [1.54, 1.807) is 0 Å². The summed E-state index contributed by atoms with van der Waals surface area (Å²) in [6.07, 6.45) is 0.866. The Morgan fingerprint density at radius 3 is 3.11 bits per heavy atom. The largest absolute Gasteiger partial charge is 0.611 e. The number of halogens is 1. The smallest absolute Gasteiger partial charge is 0.247 e. The maximum Gasteiger partial charge on any atom is 0.247 e. The highest BCUT2D eigenvalue weighted by atomic mass is 19.1. The molecule has 2 atom stereocenters. The zero-order valence-corrected chi connectivity index (χ0v) is 5.19. The van der Waals surface area contributed by atoms with Crippen LogP contribution in [0.1, 0.15) is 19.3 Å². The van der Waals surface area contributed by atoms with Crippen LogP contribution in [0.5, 0.6) is 0 Å². The summed E-state index contributed by atoms with van der Waals surface area (Å²) >= 11 is 0. The van der Waals surface area contributed by atoms with Crippen LogP contribution in [0.15, 0.2) is 0 Å². The molecule has 0 saturated carbocycles. The first kappa shape index (κ1) is 6.92. The zero-order valence-electron chi connectivity index (χ0n) is 5.19. The number of hydrogen-bond acceptors (Lipinski definition) is 2. The first-order valence-electron chi connectivity index (χ1n) is 3.22. The van der Waals surface area contributed by atoms with Crippen molar-refractivity contribution in [1.29, 1.82) is 0 Å². The van der Waals surface area contributed by atoms with Crippen LogP contribution in [-0.2, 0) is 0 Å². The highest BCUT2D eigenvalue weighted by Gasteiger charge is 2.15. The van der Waals surface area contributed by atoms with Gasteiger partial charge in [-0.1, -0.05) is 0 Å². The Hall–Kier alpha value is -0.190. The Labute approximate surface area is 53.4 Å². The van der Waals surface area contributed by atoms with Crippen LogP contribution in [0.3, 0.4) is 0 Å². The van der Waals surface area contributed by atoms with Crippen molar-refractivity contribution in [2.75, 3.05) is 6.54 Å². The van der Waals surface area contributed by atoms with Gasteiger partial charge in [0.25, 0.3) is 0 Å². The maximum absolute atomic E-state index is 12.4. The fraction of sp³-hybridized carbons (Fsp3) is 1.00. The van der Waals surface area contributed by atoms with Crippen molar-refractivity contribution in [1.82, 2.24) is 5.43 Å². The topological polar surface area (TPSA) is 39.5 Å². The van der Waals surface area contributed by atoms with Crippen LogP contribution in [0, 0.1) is 5.21 Å². The molecule has 1 fully saturated rings. The molecule has 0 aromatic heterocycles. The van der Waals surface area contributed by atoms with Crippen LogP contribution in [0.25, 0.3) is 0 Å². The number of quaternary nitrogens is 1. The molecule has 2 N–H and O–H groups in total. The highest BCUT2D eigenvalue weighted by Crippen LogP contribution is 1.99. The van der Waals surface area contributed by atoms with Crippen molar-refractivity contribution < 1.29 is 9.56 Å². The number of nitrogens with one attached hydrogen (secondary N) is 2. The third-order valence-electron chi connectivity index (χ3n) is 1.47. The van der Waals surface area contributed by atoms with Crippen LogP contribution >= 0.6 is 0 Å². The Morgan fingerprint density at radius 2 is 2.33 bits per heavy atom. The monoisotopic (exact) mass is 134 g/mol. The van der Waals surface area contributed by atoms with Crippen LogP contribution in [0.2, 0.25) is 0 Å². The fourth-order valence-electron chi connectivity index (χ4n) is 0.902. The summed E-state index contributed by atoms with van der Waals surface area (Å²) in [7, 11) is 0. The molecule has 4 heteroatoms. The second-order valence-corrected chi connectivity index (χ2v) is 2.25. The molecule has 3 nitrogen and oxygen atoms in total. The quantitative estimate of drug-likeness (QED) is 0.341. The van der Waals surface area contributed by atoms with Gasteiger partial charge in [0.15, 0.2) is 0 Å². The Morgan fingerprint density at radius 1 is 1.56 bits per heavy atom. The molecule has 1 aliphatic heterocycles. The van der Waals surface area contributed by atoms with E-state index in [2.05, 4.69) is 5.43 Å². The van der Waals surface area contributed by atoms with Gasteiger partial charge in [-0.25, -0.2) is 0 Å². The van der Waals surface area contributed by atoms with Crippen molar-refractivity contribution in [3.05, 3.63) is 5.21 Å². The lowest BCUT2D eigenvalue weighted by atomic mass is 10.2. The minimum atomic E-state index is -1.26. The van der Waals surface area contributed by atoms with E-state index in [-0.39, 0.29) is 0 Å². The lowest BCUT2D eigenvalue weighted by Gasteiger charge is -2.22. The summed E-state index contributed by atoms with van der Waals surface area (Å²) in [6, 6.07) is 0. The third kappa shape index (κ3) is 1.89. The molecular formula is C5H11FN2O. The van der Waals surface area contributed by atoms with E-state index in [4.69, 9.17) is 0 Å². The number of alkyl halides is 1. The molecule has 1 saturated heterocycles. The SMILES string of the molecule is [O-][NH+]1NCCCCC1F. The van der Waals surface area contributed by atoms with Crippen molar-refractivity contribution in [2.45, 2.75) is 25.6 Å². The van der Waals surface area contributed by atoms with Crippen molar-refractivity contribution >= 4 is 0 Å². The van der Waals surface area contributed by atoms with Gasteiger partial charge in [0.05, 0.1) is 0 Å². The minimum Gasteiger partial charge on any atom is -0.611 e. The van der Waals surface area contributed by atoms with Gasteiger partial charge in [-0.2, -0.15) is 9.82 Å². The zero-order chi connectivity index (χ0) is 6.69. The molecule has 54 valence electrons. The van der Waals surface area contributed by atoms with E-state index in [0.717, 1.165) is 12.8 Å². The molecule has 0 radical (unpaired) electrons. The maximum atomic E-state index is 12.4. The predicted octanol–water partition coefficient (Wildman–Crippen LogP) is -0.647. The molecule has 1 heterocycles. The molecular weight excluding hydrogens is 123 g/mol. The lowest BCUT2D eigenvalue weighted by Crippen LogP contribution is -3.16. The van der Waals surface area contributed by atoms with Crippen molar-refractivity contribution in [3.8, 4) is 0 Å². The van der Waals surface area contributed by atoms with Gasteiger partial charge < -0.3 is 5.21 Å². The normalized spacial score (nSPS) is 38.0. The Bertz CT molecular complexity index is 81.0. The van der Waals surface area contributed by atoms with Gasteiger partial charge in [-0.3, -0.25) is 5.17 Å². The number of hydrogen-bond donors (Lipinski definition) is 2. The van der Waals surface area contributed by atoms with Crippen LogP contribution in [0.4, 0.5) is 4.39 Å². The Balaban J connectivity index is 2.32.